The molecule has 0 saturated carbocycles. The van der Waals surface area contributed by atoms with Crippen molar-refractivity contribution in [3.05, 3.63) is 12.2 Å². The normalized spacial score (nSPS) is 22.5. The van der Waals surface area contributed by atoms with E-state index >= 15 is 0 Å². The van der Waals surface area contributed by atoms with Gasteiger partial charge in [0.05, 0.1) is 6.61 Å². The molecular formula is C9H16N4O. The predicted octanol–water partition coefficient (Wildman–Crippen LogP) is 0.349. The fraction of sp³-hybridized carbons (Fsp3) is 0.778. The van der Waals surface area contributed by atoms with Gasteiger partial charge in [0.15, 0.2) is 5.82 Å². The maximum Gasteiger partial charge on any atom is 0.163 e. The molecule has 5 nitrogen and oxygen atoms in total. The number of hydrogen-bond donors (Lipinski definition) is 1. The molecule has 0 spiro atoms. The van der Waals surface area contributed by atoms with E-state index < -0.39 is 0 Å². The number of aromatic nitrogens is 3. The van der Waals surface area contributed by atoms with Crippen molar-refractivity contribution in [1.29, 1.82) is 0 Å². The highest BCUT2D eigenvalue weighted by Crippen LogP contribution is 2.15. The van der Waals surface area contributed by atoms with Crippen LogP contribution in [-0.2, 0) is 11.3 Å². The molecule has 1 aromatic rings. The monoisotopic (exact) mass is 196 g/mol. The lowest BCUT2D eigenvalue weighted by molar-refractivity contribution is 0.0197. The van der Waals surface area contributed by atoms with Gasteiger partial charge in [0.1, 0.15) is 12.4 Å². The minimum absolute atomic E-state index is 0.0674. The minimum Gasteiger partial charge on any atom is -0.368 e. The van der Waals surface area contributed by atoms with Crippen molar-refractivity contribution in [1.82, 2.24) is 20.1 Å². The van der Waals surface area contributed by atoms with Crippen LogP contribution in [0.2, 0.25) is 0 Å². The van der Waals surface area contributed by atoms with Crippen molar-refractivity contribution in [2.45, 2.75) is 26.0 Å². The Morgan fingerprint density at radius 3 is 3.36 bits per heavy atom. The Balaban J connectivity index is 2.09. The molecule has 0 amide bonds. The Morgan fingerprint density at radius 1 is 1.71 bits per heavy atom. The van der Waals surface area contributed by atoms with E-state index in [0.29, 0.717) is 0 Å². The summed E-state index contributed by atoms with van der Waals surface area (Å²) >= 11 is 0. The number of rotatable bonds is 3. The lowest BCUT2D eigenvalue weighted by atomic mass is 10.3. The van der Waals surface area contributed by atoms with E-state index in [0.717, 1.165) is 38.5 Å². The summed E-state index contributed by atoms with van der Waals surface area (Å²) < 4.78 is 7.69. The fourth-order valence-corrected chi connectivity index (χ4v) is 1.66. The van der Waals surface area contributed by atoms with Crippen LogP contribution >= 0.6 is 0 Å². The van der Waals surface area contributed by atoms with Gasteiger partial charge in [-0.05, 0) is 6.42 Å². The van der Waals surface area contributed by atoms with Gasteiger partial charge in [-0.1, -0.05) is 6.92 Å². The van der Waals surface area contributed by atoms with Crippen molar-refractivity contribution in [2.75, 3.05) is 19.7 Å². The van der Waals surface area contributed by atoms with Crippen LogP contribution in [0.5, 0.6) is 0 Å². The van der Waals surface area contributed by atoms with Crippen LogP contribution in [-0.4, -0.2) is 34.5 Å². The standard InChI is InChI=1S/C9H16N4O/c1-2-4-13-7-11-12-9(13)8-6-10-3-5-14-8/h7-8,10H,2-6H2,1H3. The molecule has 1 unspecified atom stereocenters. The van der Waals surface area contributed by atoms with E-state index in [4.69, 9.17) is 4.74 Å². The van der Waals surface area contributed by atoms with Crippen molar-refractivity contribution in [2.24, 2.45) is 0 Å². The molecule has 78 valence electrons. The largest absolute Gasteiger partial charge is 0.368 e. The Hall–Kier alpha value is -0.940. The third kappa shape index (κ3) is 1.93. The highest BCUT2D eigenvalue weighted by Gasteiger charge is 2.20. The zero-order valence-corrected chi connectivity index (χ0v) is 8.44. The first-order valence-electron chi connectivity index (χ1n) is 5.12. The van der Waals surface area contributed by atoms with Crippen LogP contribution < -0.4 is 5.32 Å². The van der Waals surface area contributed by atoms with Crippen LogP contribution in [0.1, 0.15) is 25.3 Å². The molecule has 1 atom stereocenters. The molecule has 14 heavy (non-hydrogen) atoms. The van der Waals surface area contributed by atoms with Gasteiger partial charge < -0.3 is 14.6 Å². The quantitative estimate of drug-likeness (QED) is 0.758. The zero-order valence-electron chi connectivity index (χ0n) is 8.44. The summed E-state index contributed by atoms with van der Waals surface area (Å²) in [6.07, 6.45) is 2.93. The Morgan fingerprint density at radius 2 is 2.64 bits per heavy atom. The van der Waals surface area contributed by atoms with Crippen molar-refractivity contribution < 1.29 is 4.74 Å². The maximum atomic E-state index is 5.62. The SMILES string of the molecule is CCCn1cnnc1C1CNCCO1. The lowest BCUT2D eigenvalue weighted by Crippen LogP contribution is -2.34. The molecule has 1 aromatic heterocycles. The molecule has 1 fully saturated rings. The molecule has 2 rings (SSSR count). The highest BCUT2D eigenvalue weighted by atomic mass is 16.5. The number of morpholine rings is 1. The van der Waals surface area contributed by atoms with Gasteiger partial charge >= 0.3 is 0 Å². The number of hydrogen-bond acceptors (Lipinski definition) is 4. The molecule has 1 aliphatic rings. The van der Waals surface area contributed by atoms with E-state index in [2.05, 4.69) is 27.0 Å². The summed E-state index contributed by atoms with van der Waals surface area (Å²) in [5.74, 6) is 0.944. The van der Waals surface area contributed by atoms with Gasteiger partial charge in [-0.15, -0.1) is 10.2 Å². The molecule has 0 aliphatic carbocycles. The molecule has 1 N–H and O–H groups in total. The van der Waals surface area contributed by atoms with Gasteiger partial charge in [0.2, 0.25) is 0 Å². The van der Waals surface area contributed by atoms with Gasteiger partial charge in [-0.3, -0.25) is 0 Å². The molecular weight excluding hydrogens is 180 g/mol. The first kappa shape index (κ1) is 9.61. The predicted molar refractivity (Wildman–Crippen MR) is 51.9 cm³/mol. The molecule has 1 saturated heterocycles. The summed E-state index contributed by atoms with van der Waals surface area (Å²) in [6.45, 7) is 5.62. The smallest absolute Gasteiger partial charge is 0.163 e. The molecule has 0 aromatic carbocycles. The number of nitrogens with zero attached hydrogens (tertiary/aromatic N) is 3. The summed E-state index contributed by atoms with van der Waals surface area (Å²) in [7, 11) is 0. The van der Waals surface area contributed by atoms with Crippen LogP contribution in [0.15, 0.2) is 6.33 Å². The van der Waals surface area contributed by atoms with Gasteiger partial charge in [0.25, 0.3) is 0 Å². The van der Waals surface area contributed by atoms with Gasteiger partial charge in [-0.25, -0.2) is 0 Å². The third-order valence-corrected chi connectivity index (χ3v) is 2.33. The summed E-state index contributed by atoms with van der Waals surface area (Å²) in [5.41, 5.74) is 0. The molecule has 0 radical (unpaired) electrons. The molecule has 5 heteroatoms. The summed E-state index contributed by atoms with van der Waals surface area (Å²) in [6, 6.07) is 0. The first-order valence-corrected chi connectivity index (χ1v) is 5.12. The maximum absolute atomic E-state index is 5.62. The zero-order chi connectivity index (χ0) is 9.80. The average Bonchev–Trinajstić information content (AvgIpc) is 2.68. The second-order valence-corrected chi connectivity index (χ2v) is 3.45. The Labute approximate surface area is 83.5 Å². The summed E-state index contributed by atoms with van der Waals surface area (Å²) in [4.78, 5) is 0. The van der Waals surface area contributed by atoms with Gasteiger partial charge in [-0.2, -0.15) is 0 Å². The second-order valence-electron chi connectivity index (χ2n) is 3.45. The van der Waals surface area contributed by atoms with Crippen molar-refractivity contribution >= 4 is 0 Å². The first-order chi connectivity index (χ1) is 6.92. The van der Waals surface area contributed by atoms with Gasteiger partial charge in [0, 0.05) is 19.6 Å². The third-order valence-electron chi connectivity index (χ3n) is 2.33. The highest BCUT2D eigenvalue weighted by molar-refractivity contribution is 4.94. The lowest BCUT2D eigenvalue weighted by Gasteiger charge is -2.23. The number of aryl methyl sites for hydroxylation is 1. The second kappa shape index (κ2) is 4.52. The summed E-state index contributed by atoms with van der Waals surface area (Å²) in [5, 5.41) is 11.3. The van der Waals surface area contributed by atoms with E-state index in [1.807, 2.05) is 0 Å². The van der Waals surface area contributed by atoms with Crippen molar-refractivity contribution in [3.63, 3.8) is 0 Å². The van der Waals surface area contributed by atoms with E-state index in [1.54, 1.807) is 6.33 Å². The molecule has 2 heterocycles. The van der Waals surface area contributed by atoms with E-state index in [9.17, 15) is 0 Å². The van der Waals surface area contributed by atoms with Crippen LogP contribution in [0.3, 0.4) is 0 Å². The van der Waals surface area contributed by atoms with Crippen LogP contribution in [0.25, 0.3) is 0 Å². The van der Waals surface area contributed by atoms with Crippen molar-refractivity contribution in [3.8, 4) is 0 Å². The topological polar surface area (TPSA) is 52.0 Å². The molecule has 0 bridgehead atoms. The fourth-order valence-electron chi connectivity index (χ4n) is 1.66. The average molecular weight is 196 g/mol. The Kier molecular flexibility index (Phi) is 3.10. The number of ether oxygens (including phenoxy) is 1. The van der Waals surface area contributed by atoms with E-state index in [-0.39, 0.29) is 6.10 Å². The van der Waals surface area contributed by atoms with E-state index in [1.165, 1.54) is 0 Å². The molecule has 1 aliphatic heterocycles. The minimum atomic E-state index is 0.0674. The van der Waals surface area contributed by atoms with Crippen LogP contribution in [0, 0.1) is 0 Å². The van der Waals surface area contributed by atoms with Crippen LogP contribution in [0.4, 0.5) is 0 Å². The number of nitrogens with one attached hydrogen (secondary N) is 1. The Bertz CT molecular complexity index is 280.